The molecule has 3 nitrogen and oxygen atoms in total. The Morgan fingerprint density at radius 2 is 2.05 bits per heavy atom. The molecule has 0 aliphatic rings. The van der Waals surface area contributed by atoms with Gasteiger partial charge in [-0.15, -0.1) is 0 Å². The molecule has 5 heteroatoms. The Morgan fingerprint density at radius 3 is 2.75 bits per heavy atom. The van der Waals surface area contributed by atoms with Crippen LogP contribution in [0.2, 0.25) is 0 Å². The van der Waals surface area contributed by atoms with Gasteiger partial charge in [-0.25, -0.2) is 4.39 Å². The Labute approximate surface area is 124 Å². The maximum absolute atomic E-state index is 12.9. The number of anilines is 2. The molecular weight excluding hydrogens is 323 g/mol. The average Bonchev–Trinajstić information content (AvgIpc) is 2.40. The Balaban J connectivity index is 2.05. The number of halogens is 2. The molecule has 2 aromatic carbocycles. The number of carbonyl (C=O) groups excluding carboxylic acids is 1. The first kappa shape index (κ1) is 14.3. The zero-order valence-electron chi connectivity index (χ0n) is 10.4. The van der Waals surface area contributed by atoms with E-state index in [1.54, 1.807) is 18.2 Å². The van der Waals surface area contributed by atoms with Crippen LogP contribution in [0.25, 0.3) is 6.08 Å². The average molecular weight is 335 g/mol. The van der Waals surface area contributed by atoms with Gasteiger partial charge in [-0.05, 0) is 57.9 Å². The molecule has 1 amide bonds. The summed E-state index contributed by atoms with van der Waals surface area (Å²) in [7, 11) is 0. The van der Waals surface area contributed by atoms with E-state index in [1.807, 2.05) is 12.1 Å². The normalized spacial score (nSPS) is 10.7. The minimum atomic E-state index is -0.370. The molecule has 102 valence electrons. The summed E-state index contributed by atoms with van der Waals surface area (Å²) >= 11 is 3.19. The van der Waals surface area contributed by atoms with Gasteiger partial charge in [0.15, 0.2) is 0 Å². The summed E-state index contributed by atoms with van der Waals surface area (Å²) in [6.45, 7) is 0. The van der Waals surface area contributed by atoms with Crippen LogP contribution in [0.3, 0.4) is 0 Å². The van der Waals surface area contributed by atoms with Crippen LogP contribution in [0, 0.1) is 5.82 Å². The van der Waals surface area contributed by atoms with Crippen LogP contribution in [0.1, 0.15) is 5.56 Å². The minimum absolute atomic E-state index is 0.306. The van der Waals surface area contributed by atoms with Gasteiger partial charge in [-0.2, -0.15) is 0 Å². The number of amides is 1. The standard InChI is InChI=1S/C15H12BrFN2O/c16-13-9-11(17)5-6-14(13)19-15(20)7-4-10-2-1-3-12(18)8-10/h1-9H,18H2,(H,19,20)/b7-4+. The first-order chi connectivity index (χ1) is 9.54. The monoisotopic (exact) mass is 334 g/mol. The fraction of sp³-hybridized carbons (Fsp3) is 0. The second-order valence-corrected chi connectivity index (χ2v) is 4.97. The van der Waals surface area contributed by atoms with Crippen LogP contribution in [-0.4, -0.2) is 5.91 Å². The molecule has 2 rings (SSSR count). The molecule has 0 aliphatic carbocycles. The molecule has 0 aromatic heterocycles. The summed E-state index contributed by atoms with van der Waals surface area (Å²) in [4.78, 5) is 11.8. The van der Waals surface area contributed by atoms with Crippen molar-refractivity contribution in [2.45, 2.75) is 0 Å². The predicted molar refractivity (Wildman–Crippen MR) is 82.6 cm³/mol. The maximum atomic E-state index is 12.9. The van der Waals surface area contributed by atoms with Crippen molar-refractivity contribution in [3.05, 3.63) is 64.4 Å². The third-order valence-electron chi connectivity index (χ3n) is 2.53. The van der Waals surface area contributed by atoms with Gasteiger partial charge in [0.1, 0.15) is 5.82 Å². The van der Waals surface area contributed by atoms with Crippen molar-refractivity contribution in [2.24, 2.45) is 0 Å². The van der Waals surface area contributed by atoms with Gasteiger partial charge in [0, 0.05) is 16.2 Å². The van der Waals surface area contributed by atoms with Crippen molar-refractivity contribution in [2.75, 3.05) is 11.1 Å². The fourth-order valence-electron chi connectivity index (χ4n) is 1.60. The lowest BCUT2D eigenvalue weighted by Gasteiger charge is -2.04. The van der Waals surface area contributed by atoms with Gasteiger partial charge >= 0.3 is 0 Å². The Morgan fingerprint density at radius 1 is 1.25 bits per heavy atom. The topological polar surface area (TPSA) is 55.1 Å². The van der Waals surface area contributed by atoms with E-state index in [0.29, 0.717) is 15.8 Å². The minimum Gasteiger partial charge on any atom is -0.399 e. The molecule has 2 aromatic rings. The molecule has 0 heterocycles. The molecular formula is C15H12BrFN2O. The van der Waals surface area contributed by atoms with E-state index in [-0.39, 0.29) is 11.7 Å². The second-order valence-electron chi connectivity index (χ2n) is 4.12. The van der Waals surface area contributed by atoms with Crippen LogP contribution in [0.4, 0.5) is 15.8 Å². The lowest BCUT2D eigenvalue weighted by Crippen LogP contribution is -2.08. The number of rotatable bonds is 3. The predicted octanol–water partition coefficient (Wildman–Crippen LogP) is 3.82. The molecule has 3 N–H and O–H groups in total. The molecule has 0 radical (unpaired) electrons. The van der Waals surface area contributed by atoms with Gasteiger partial charge in [-0.3, -0.25) is 4.79 Å². The van der Waals surface area contributed by atoms with Crippen LogP contribution in [-0.2, 0) is 4.79 Å². The molecule has 20 heavy (non-hydrogen) atoms. The highest BCUT2D eigenvalue weighted by Crippen LogP contribution is 2.23. The number of benzene rings is 2. The van der Waals surface area contributed by atoms with E-state index in [2.05, 4.69) is 21.2 Å². The smallest absolute Gasteiger partial charge is 0.248 e. The Hall–Kier alpha value is -2.14. The van der Waals surface area contributed by atoms with Crippen molar-refractivity contribution in [1.29, 1.82) is 0 Å². The number of hydrogen-bond donors (Lipinski definition) is 2. The summed E-state index contributed by atoms with van der Waals surface area (Å²) in [5, 5.41) is 2.65. The maximum Gasteiger partial charge on any atom is 0.248 e. The highest BCUT2D eigenvalue weighted by atomic mass is 79.9. The third-order valence-corrected chi connectivity index (χ3v) is 3.18. The SMILES string of the molecule is Nc1cccc(/C=C/C(=O)Nc2ccc(F)cc2Br)c1. The summed E-state index contributed by atoms with van der Waals surface area (Å²) in [6.07, 6.45) is 3.05. The van der Waals surface area contributed by atoms with E-state index >= 15 is 0 Å². The first-order valence-corrected chi connectivity index (χ1v) is 6.63. The molecule has 0 aliphatic heterocycles. The van der Waals surface area contributed by atoms with E-state index in [4.69, 9.17) is 5.73 Å². The highest BCUT2D eigenvalue weighted by Gasteiger charge is 2.03. The number of nitrogens with two attached hydrogens (primary N) is 1. The Bertz CT molecular complexity index is 671. The molecule has 0 atom stereocenters. The van der Waals surface area contributed by atoms with Crippen molar-refractivity contribution >= 4 is 39.3 Å². The van der Waals surface area contributed by atoms with Crippen molar-refractivity contribution in [3.63, 3.8) is 0 Å². The number of nitrogen functional groups attached to an aromatic ring is 1. The Kier molecular flexibility index (Phi) is 4.53. The van der Waals surface area contributed by atoms with E-state index in [0.717, 1.165) is 5.56 Å². The molecule has 0 spiro atoms. The first-order valence-electron chi connectivity index (χ1n) is 5.84. The summed E-state index contributed by atoms with van der Waals surface area (Å²) in [5.41, 5.74) is 7.62. The van der Waals surface area contributed by atoms with Gasteiger partial charge in [0.25, 0.3) is 0 Å². The molecule has 0 saturated heterocycles. The van der Waals surface area contributed by atoms with Crippen molar-refractivity contribution in [3.8, 4) is 0 Å². The lowest BCUT2D eigenvalue weighted by molar-refractivity contribution is -0.111. The lowest BCUT2D eigenvalue weighted by atomic mass is 10.2. The number of carbonyl (C=O) groups is 1. The van der Waals surface area contributed by atoms with Gasteiger partial charge in [0.05, 0.1) is 5.69 Å². The zero-order chi connectivity index (χ0) is 14.5. The van der Waals surface area contributed by atoms with Crippen LogP contribution >= 0.6 is 15.9 Å². The molecule has 0 unspecified atom stereocenters. The molecule has 0 fully saturated rings. The summed E-state index contributed by atoms with van der Waals surface area (Å²) in [5.74, 6) is -0.676. The molecule has 0 bridgehead atoms. The van der Waals surface area contributed by atoms with E-state index in [9.17, 15) is 9.18 Å². The summed E-state index contributed by atoms with van der Waals surface area (Å²) in [6, 6.07) is 11.2. The quantitative estimate of drug-likeness (QED) is 0.662. The van der Waals surface area contributed by atoms with Gasteiger partial charge < -0.3 is 11.1 Å². The van der Waals surface area contributed by atoms with E-state index < -0.39 is 0 Å². The summed E-state index contributed by atoms with van der Waals surface area (Å²) < 4.78 is 13.4. The van der Waals surface area contributed by atoms with E-state index in [1.165, 1.54) is 24.3 Å². The third kappa shape index (κ3) is 3.93. The van der Waals surface area contributed by atoms with Gasteiger partial charge in [0.2, 0.25) is 5.91 Å². The fourth-order valence-corrected chi connectivity index (χ4v) is 2.05. The van der Waals surface area contributed by atoms with Crippen molar-refractivity contribution < 1.29 is 9.18 Å². The highest BCUT2D eigenvalue weighted by molar-refractivity contribution is 9.10. The van der Waals surface area contributed by atoms with Gasteiger partial charge in [-0.1, -0.05) is 12.1 Å². The van der Waals surface area contributed by atoms with Crippen molar-refractivity contribution in [1.82, 2.24) is 0 Å². The number of nitrogens with one attached hydrogen (secondary N) is 1. The largest absolute Gasteiger partial charge is 0.399 e. The molecule has 0 saturated carbocycles. The number of hydrogen-bond acceptors (Lipinski definition) is 2. The van der Waals surface area contributed by atoms with Crippen LogP contribution in [0.5, 0.6) is 0 Å². The second kappa shape index (κ2) is 6.34. The van der Waals surface area contributed by atoms with Crippen LogP contribution < -0.4 is 11.1 Å². The van der Waals surface area contributed by atoms with Crippen LogP contribution in [0.15, 0.2) is 53.0 Å². The zero-order valence-corrected chi connectivity index (χ0v) is 12.0.